The number of rotatable bonds is 8. The van der Waals surface area contributed by atoms with Gasteiger partial charge in [-0.15, -0.1) is 0 Å². The van der Waals surface area contributed by atoms with Crippen LogP contribution in [0.25, 0.3) is 6.08 Å². The molecule has 4 heteroatoms. The van der Waals surface area contributed by atoms with Gasteiger partial charge < -0.3 is 10.4 Å². The van der Waals surface area contributed by atoms with Crippen LogP contribution < -0.4 is 5.32 Å². The number of carbonyl (C=O) groups is 1. The van der Waals surface area contributed by atoms with E-state index in [1.54, 1.807) is 6.07 Å². The molecule has 164 valence electrons. The third-order valence-corrected chi connectivity index (χ3v) is 5.98. The van der Waals surface area contributed by atoms with Crippen LogP contribution in [-0.4, -0.2) is 35.5 Å². The number of phenolic OH excluding ortho intramolecular Hbond substituents is 1. The molecule has 1 unspecified atom stereocenters. The molecule has 0 radical (unpaired) electrons. The summed E-state index contributed by atoms with van der Waals surface area (Å²) in [5.41, 5.74) is 4.16. The predicted molar refractivity (Wildman–Crippen MR) is 130 cm³/mol. The molecule has 1 amide bonds. The molecule has 1 fully saturated rings. The fourth-order valence-corrected chi connectivity index (χ4v) is 4.30. The van der Waals surface area contributed by atoms with Crippen molar-refractivity contribution in [2.75, 3.05) is 19.6 Å². The van der Waals surface area contributed by atoms with Crippen molar-refractivity contribution in [2.45, 2.75) is 25.3 Å². The van der Waals surface area contributed by atoms with E-state index in [0.717, 1.165) is 43.6 Å². The van der Waals surface area contributed by atoms with Crippen molar-refractivity contribution in [3.63, 3.8) is 0 Å². The smallest absolute Gasteiger partial charge is 0.251 e. The highest BCUT2D eigenvalue weighted by Gasteiger charge is 2.25. The molecule has 1 atom stereocenters. The molecule has 3 aromatic rings. The third-order valence-electron chi connectivity index (χ3n) is 5.98. The Kier molecular flexibility index (Phi) is 7.36. The number of carbonyl (C=O) groups excluding carboxylic acids is 1. The quantitative estimate of drug-likeness (QED) is 0.486. The van der Waals surface area contributed by atoms with E-state index in [1.165, 1.54) is 11.1 Å². The van der Waals surface area contributed by atoms with Crippen molar-refractivity contribution in [2.24, 2.45) is 0 Å². The molecule has 0 spiro atoms. The molecule has 1 heterocycles. The maximum Gasteiger partial charge on any atom is 0.251 e. The molecule has 0 aliphatic carbocycles. The first kappa shape index (κ1) is 21.8. The van der Waals surface area contributed by atoms with Crippen LogP contribution in [0.2, 0.25) is 0 Å². The van der Waals surface area contributed by atoms with E-state index in [0.29, 0.717) is 18.2 Å². The van der Waals surface area contributed by atoms with E-state index in [2.05, 4.69) is 40.6 Å². The summed E-state index contributed by atoms with van der Waals surface area (Å²) in [6.45, 7) is 3.29. The van der Waals surface area contributed by atoms with E-state index in [-0.39, 0.29) is 5.91 Å². The third kappa shape index (κ3) is 5.86. The van der Waals surface area contributed by atoms with E-state index < -0.39 is 0 Å². The minimum atomic E-state index is -0.0163. The summed E-state index contributed by atoms with van der Waals surface area (Å²) in [5.74, 6) is 0.721. The van der Waals surface area contributed by atoms with E-state index in [1.807, 2.05) is 54.6 Å². The number of nitrogens with zero attached hydrogens (tertiary/aromatic N) is 1. The molecule has 1 aliphatic heterocycles. The Balaban J connectivity index is 1.30. The van der Waals surface area contributed by atoms with Crippen molar-refractivity contribution in [1.29, 1.82) is 0 Å². The lowest BCUT2D eigenvalue weighted by Crippen LogP contribution is -2.27. The van der Waals surface area contributed by atoms with Crippen LogP contribution in [-0.2, 0) is 6.54 Å². The average molecular weight is 427 g/mol. The van der Waals surface area contributed by atoms with Crippen LogP contribution in [0.1, 0.15) is 45.8 Å². The van der Waals surface area contributed by atoms with E-state index in [4.69, 9.17) is 0 Å². The fourth-order valence-electron chi connectivity index (χ4n) is 4.30. The molecule has 0 saturated carbocycles. The van der Waals surface area contributed by atoms with Crippen LogP contribution in [0.5, 0.6) is 5.75 Å². The van der Waals surface area contributed by atoms with Crippen molar-refractivity contribution >= 4 is 12.0 Å². The maximum absolute atomic E-state index is 12.8. The number of benzene rings is 3. The number of nitrogens with one attached hydrogen (secondary N) is 1. The zero-order valence-electron chi connectivity index (χ0n) is 18.3. The van der Waals surface area contributed by atoms with Gasteiger partial charge >= 0.3 is 0 Å². The van der Waals surface area contributed by atoms with Crippen LogP contribution in [0.3, 0.4) is 0 Å². The molecule has 32 heavy (non-hydrogen) atoms. The monoisotopic (exact) mass is 426 g/mol. The van der Waals surface area contributed by atoms with Gasteiger partial charge in [-0.25, -0.2) is 0 Å². The molecule has 1 saturated heterocycles. The molecular formula is C28H30N2O2. The lowest BCUT2D eigenvalue weighted by molar-refractivity contribution is 0.0952. The minimum absolute atomic E-state index is 0.0163. The van der Waals surface area contributed by atoms with Crippen molar-refractivity contribution in [1.82, 2.24) is 10.2 Å². The first-order valence-electron chi connectivity index (χ1n) is 11.3. The minimum Gasteiger partial charge on any atom is -0.508 e. The van der Waals surface area contributed by atoms with Gasteiger partial charge in [0.2, 0.25) is 0 Å². The fraction of sp³-hybridized carbons (Fsp3) is 0.250. The van der Waals surface area contributed by atoms with Gasteiger partial charge in [0, 0.05) is 25.2 Å². The van der Waals surface area contributed by atoms with Gasteiger partial charge in [-0.05, 0) is 60.2 Å². The number of hydrogen-bond donors (Lipinski definition) is 2. The Morgan fingerprint density at radius 2 is 1.84 bits per heavy atom. The van der Waals surface area contributed by atoms with Crippen LogP contribution in [0.15, 0.2) is 84.9 Å². The molecule has 0 bridgehead atoms. The van der Waals surface area contributed by atoms with Gasteiger partial charge in [0.25, 0.3) is 5.91 Å². The molecule has 1 aliphatic rings. The second-order valence-electron chi connectivity index (χ2n) is 8.33. The topological polar surface area (TPSA) is 52.6 Å². The number of likely N-dealkylation sites (tertiary alicyclic amines) is 1. The highest BCUT2D eigenvalue weighted by molar-refractivity contribution is 5.95. The molecule has 4 rings (SSSR count). The standard InChI is InChI=1S/C28H30N2O2/c31-26-14-8-13-23(19-26)24-16-18-30(20-24)21-25-12-4-5-15-27(25)28(32)29-17-7-6-11-22-9-2-1-3-10-22/h1-6,8-15,19,24,31H,7,16-18,20-21H2,(H,29,32)/b11-6+. The molecule has 0 aromatic heterocycles. The Bertz CT molecular complexity index is 1060. The Hall–Kier alpha value is -3.37. The number of phenols is 1. The number of amides is 1. The summed E-state index contributed by atoms with van der Waals surface area (Å²) >= 11 is 0. The first-order valence-corrected chi connectivity index (χ1v) is 11.3. The highest BCUT2D eigenvalue weighted by atomic mass is 16.3. The van der Waals surface area contributed by atoms with Gasteiger partial charge in [0.1, 0.15) is 5.75 Å². The molecule has 3 aromatic carbocycles. The van der Waals surface area contributed by atoms with Gasteiger partial charge in [0.05, 0.1) is 0 Å². The van der Waals surface area contributed by atoms with Crippen molar-refractivity contribution in [3.05, 3.63) is 107 Å². The van der Waals surface area contributed by atoms with Gasteiger partial charge in [-0.1, -0.05) is 72.8 Å². The van der Waals surface area contributed by atoms with Crippen molar-refractivity contribution < 1.29 is 9.90 Å². The second-order valence-corrected chi connectivity index (χ2v) is 8.33. The van der Waals surface area contributed by atoms with Gasteiger partial charge in [-0.3, -0.25) is 9.69 Å². The summed E-state index contributed by atoms with van der Waals surface area (Å²) in [7, 11) is 0. The van der Waals surface area contributed by atoms with Crippen LogP contribution >= 0.6 is 0 Å². The first-order chi connectivity index (χ1) is 15.7. The summed E-state index contributed by atoms with van der Waals surface area (Å²) in [6.07, 6.45) is 6.02. The molecular weight excluding hydrogens is 396 g/mol. The highest BCUT2D eigenvalue weighted by Crippen LogP contribution is 2.30. The van der Waals surface area contributed by atoms with Gasteiger partial charge in [-0.2, -0.15) is 0 Å². The van der Waals surface area contributed by atoms with Gasteiger partial charge in [0.15, 0.2) is 0 Å². The number of hydrogen-bond acceptors (Lipinski definition) is 3. The average Bonchev–Trinajstić information content (AvgIpc) is 3.28. The second kappa shape index (κ2) is 10.8. The largest absolute Gasteiger partial charge is 0.508 e. The summed E-state index contributed by atoms with van der Waals surface area (Å²) in [5, 5.41) is 12.8. The zero-order valence-corrected chi connectivity index (χ0v) is 18.3. The predicted octanol–water partition coefficient (Wildman–Crippen LogP) is 5.22. The van der Waals surface area contributed by atoms with E-state index in [9.17, 15) is 9.90 Å². The zero-order chi connectivity index (χ0) is 22.2. The Labute approximate surface area is 190 Å². The van der Waals surface area contributed by atoms with Crippen LogP contribution in [0.4, 0.5) is 0 Å². The Morgan fingerprint density at radius 3 is 2.69 bits per heavy atom. The number of aromatic hydroxyl groups is 1. The van der Waals surface area contributed by atoms with E-state index >= 15 is 0 Å². The molecule has 4 nitrogen and oxygen atoms in total. The maximum atomic E-state index is 12.8. The normalized spacial score (nSPS) is 16.4. The van der Waals surface area contributed by atoms with Crippen molar-refractivity contribution in [3.8, 4) is 5.75 Å². The molecule has 2 N–H and O–H groups in total. The Morgan fingerprint density at radius 1 is 1.03 bits per heavy atom. The lowest BCUT2D eigenvalue weighted by atomic mass is 9.98. The summed E-state index contributed by atoms with van der Waals surface area (Å²) < 4.78 is 0. The lowest BCUT2D eigenvalue weighted by Gasteiger charge is -2.18. The summed E-state index contributed by atoms with van der Waals surface area (Å²) in [6, 6.07) is 25.6. The summed E-state index contributed by atoms with van der Waals surface area (Å²) in [4.78, 5) is 15.2. The SMILES string of the molecule is O=C(NCC/C=C/c1ccccc1)c1ccccc1CN1CCC(c2cccc(O)c2)C1. The van der Waals surface area contributed by atoms with Crippen LogP contribution in [0, 0.1) is 0 Å².